The third kappa shape index (κ3) is 2.10. The van der Waals surface area contributed by atoms with Crippen LogP contribution in [0.5, 0.6) is 0 Å². The van der Waals surface area contributed by atoms with E-state index >= 15 is 0 Å². The summed E-state index contributed by atoms with van der Waals surface area (Å²) in [4.78, 5) is 0. The lowest BCUT2D eigenvalue weighted by molar-refractivity contribution is -0.213. The second-order valence-electron chi connectivity index (χ2n) is 7.55. The zero-order valence-corrected chi connectivity index (χ0v) is 12.1. The van der Waals surface area contributed by atoms with Gasteiger partial charge in [0.1, 0.15) is 0 Å². The van der Waals surface area contributed by atoms with Crippen LogP contribution in [-0.2, 0) is 0 Å². The van der Waals surface area contributed by atoms with Gasteiger partial charge in [-0.2, -0.15) is 0 Å². The first-order chi connectivity index (χ1) is 8.09. The Morgan fingerprint density at radius 1 is 1.11 bits per heavy atom. The van der Waals surface area contributed by atoms with Crippen LogP contribution in [0.2, 0.25) is 0 Å². The van der Waals surface area contributed by atoms with Crippen LogP contribution < -0.4 is 0 Å². The maximum absolute atomic E-state index is 10.8. The lowest BCUT2D eigenvalue weighted by atomic mass is 9.48. The molecule has 106 valence electrons. The van der Waals surface area contributed by atoms with E-state index in [1.165, 1.54) is 0 Å². The fourth-order valence-corrected chi connectivity index (χ4v) is 4.68. The van der Waals surface area contributed by atoms with Gasteiger partial charge < -0.3 is 15.3 Å². The standard InChI is InChI=1S/C15H28O3/c1-13(2,17)10-6-5-8-14(3)11(16)7-9-15(4,18)12(10)14/h10-12,16-18H,5-9H2,1-4H3/t10-,11+,12+,14-,15+/m0/s1. The average molecular weight is 256 g/mol. The minimum absolute atomic E-state index is 0.0255. The molecule has 2 aliphatic rings. The largest absolute Gasteiger partial charge is 0.393 e. The lowest BCUT2D eigenvalue weighted by Crippen LogP contribution is -2.62. The fourth-order valence-electron chi connectivity index (χ4n) is 4.68. The first-order valence-electron chi connectivity index (χ1n) is 7.22. The number of aliphatic hydroxyl groups is 3. The normalized spacial score (nSPS) is 49.8. The van der Waals surface area contributed by atoms with Crippen LogP contribution in [0.1, 0.15) is 59.8 Å². The van der Waals surface area contributed by atoms with Crippen molar-refractivity contribution in [2.45, 2.75) is 77.1 Å². The van der Waals surface area contributed by atoms with Gasteiger partial charge in [0.25, 0.3) is 0 Å². The zero-order chi connectivity index (χ0) is 13.8. The summed E-state index contributed by atoms with van der Waals surface area (Å²) in [5, 5.41) is 31.6. The molecule has 5 atom stereocenters. The fraction of sp³-hybridized carbons (Fsp3) is 1.00. The van der Waals surface area contributed by atoms with E-state index in [0.717, 1.165) is 19.3 Å². The Bertz CT molecular complexity index is 318. The molecule has 0 aromatic carbocycles. The van der Waals surface area contributed by atoms with Crippen LogP contribution in [0.25, 0.3) is 0 Å². The van der Waals surface area contributed by atoms with Crippen molar-refractivity contribution in [2.24, 2.45) is 17.3 Å². The Labute approximate surface area is 110 Å². The number of hydrogen-bond donors (Lipinski definition) is 3. The summed E-state index contributed by atoms with van der Waals surface area (Å²) in [7, 11) is 0. The predicted octanol–water partition coefficient (Wildman–Crippen LogP) is 2.09. The summed E-state index contributed by atoms with van der Waals surface area (Å²) in [5.41, 5.74) is -1.84. The van der Waals surface area contributed by atoms with Crippen molar-refractivity contribution in [3.8, 4) is 0 Å². The Morgan fingerprint density at radius 2 is 1.72 bits per heavy atom. The molecule has 0 aromatic rings. The van der Waals surface area contributed by atoms with E-state index in [1.807, 2.05) is 20.8 Å². The highest BCUT2D eigenvalue weighted by molar-refractivity contribution is 5.09. The summed E-state index contributed by atoms with van der Waals surface area (Å²) in [5.74, 6) is 0.0312. The Kier molecular flexibility index (Phi) is 3.33. The second-order valence-corrected chi connectivity index (χ2v) is 7.55. The topological polar surface area (TPSA) is 60.7 Å². The molecule has 3 nitrogen and oxygen atoms in total. The molecular formula is C15H28O3. The highest BCUT2D eigenvalue weighted by Crippen LogP contribution is 2.58. The maximum Gasteiger partial charge on any atom is 0.0658 e. The van der Waals surface area contributed by atoms with Crippen molar-refractivity contribution in [3.63, 3.8) is 0 Å². The molecule has 0 heterocycles. The van der Waals surface area contributed by atoms with Gasteiger partial charge in [0.2, 0.25) is 0 Å². The van der Waals surface area contributed by atoms with Crippen molar-refractivity contribution in [1.29, 1.82) is 0 Å². The molecule has 3 heteroatoms. The molecule has 0 radical (unpaired) electrons. The minimum Gasteiger partial charge on any atom is -0.393 e. The molecule has 0 unspecified atom stereocenters. The number of rotatable bonds is 1. The molecule has 0 spiro atoms. The van der Waals surface area contributed by atoms with E-state index in [1.54, 1.807) is 0 Å². The molecule has 0 aromatic heterocycles. The predicted molar refractivity (Wildman–Crippen MR) is 71.1 cm³/mol. The molecule has 2 aliphatic carbocycles. The van der Waals surface area contributed by atoms with E-state index in [-0.39, 0.29) is 23.4 Å². The van der Waals surface area contributed by atoms with Crippen LogP contribution in [-0.4, -0.2) is 32.6 Å². The summed E-state index contributed by atoms with van der Waals surface area (Å²) in [6.45, 7) is 7.64. The Morgan fingerprint density at radius 3 is 2.28 bits per heavy atom. The van der Waals surface area contributed by atoms with Crippen molar-refractivity contribution >= 4 is 0 Å². The molecule has 2 rings (SSSR count). The van der Waals surface area contributed by atoms with Crippen molar-refractivity contribution in [3.05, 3.63) is 0 Å². The van der Waals surface area contributed by atoms with Crippen LogP contribution in [0, 0.1) is 17.3 Å². The zero-order valence-electron chi connectivity index (χ0n) is 12.1. The van der Waals surface area contributed by atoms with Gasteiger partial charge in [-0.05, 0) is 57.8 Å². The van der Waals surface area contributed by atoms with Gasteiger partial charge in [-0.15, -0.1) is 0 Å². The van der Waals surface area contributed by atoms with E-state index < -0.39 is 11.2 Å². The second kappa shape index (κ2) is 4.19. The highest BCUT2D eigenvalue weighted by Gasteiger charge is 2.59. The molecular weight excluding hydrogens is 228 g/mol. The van der Waals surface area contributed by atoms with Crippen molar-refractivity contribution in [1.82, 2.24) is 0 Å². The van der Waals surface area contributed by atoms with Crippen molar-refractivity contribution < 1.29 is 15.3 Å². The molecule has 0 saturated heterocycles. The van der Waals surface area contributed by atoms with Crippen LogP contribution >= 0.6 is 0 Å². The van der Waals surface area contributed by atoms with E-state index in [2.05, 4.69) is 6.92 Å². The van der Waals surface area contributed by atoms with Gasteiger partial charge in [0.15, 0.2) is 0 Å². The number of hydrogen-bond acceptors (Lipinski definition) is 3. The maximum atomic E-state index is 10.8. The van der Waals surface area contributed by atoms with Gasteiger partial charge >= 0.3 is 0 Å². The molecule has 0 aliphatic heterocycles. The Hall–Kier alpha value is -0.120. The lowest BCUT2D eigenvalue weighted by Gasteiger charge is -2.59. The number of fused-ring (bicyclic) bond motifs is 1. The number of aliphatic hydroxyl groups excluding tert-OH is 1. The molecule has 18 heavy (non-hydrogen) atoms. The first-order valence-corrected chi connectivity index (χ1v) is 7.22. The molecule has 2 saturated carbocycles. The summed E-state index contributed by atoms with van der Waals surface area (Å²) in [6.07, 6.45) is 3.84. The van der Waals surface area contributed by atoms with E-state index in [9.17, 15) is 15.3 Å². The van der Waals surface area contributed by atoms with Gasteiger partial charge in [-0.3, -0.25) is 0 Å². The van der Waals surface area contributed by atoms with Crippen LogP contribution in [0.15, 0.2) is 0 Å². The Balaban J connectivity index is 2.42. The quantitative estimate of drug-likeness (QED) is 0.673. The van der Waals surface area contributed by atoms with E-state index in [4.69, 9.17) is 0 Å². The summed E-state index contributed by atoms with van der Waals surface area (Å²) >= 11 is 0. The highest BCUT2D eigenvalue weighted by atomic mass is 16.3. The van der Waals surface area contributed by atoms with Gasteiger partial charge in [0, 0.05) is 5.92 Å². The molecule has 2 fully saturated rings. The molecule has 0 bridgehead atoms. The summed E-state index contributed by atoms with van der Waals surface area (Å²) in [6, 6.07) is 0. The SMILES string of the molecule is CC(C)(O)[C@H]1CCC[C@@]2(C)[C@H](O)CC[C@@](C)(O)[C@H]12. The van der Waals surface area contributed by atoms with Crippen LogP contribution in [0.3, 0.4) is 0 Å². The monoisotopic (exact) mass is 256 g/mol. The molecule has 0 amide bonds. The first kappa shape index (κ1) is 14.3. The van der Waals surface area contributed by atoms with Gasteiger partial charge in [-0.25, -0.2) is 0 Å². The van der Waals surface area contributed by atoms with E-state index in [0.29, 0.717) is 12.8 Å². The summed E-state index contributed by atoms with van der Waals surface area (Å²) < 4.78 is 0. The average Bonchev–Trinajstić information content (AvgIpc) is 2.22. The molecule has 3 N–H and O–H groups in total. The van der Waals surface area contributed by atoms with Gasteiger partial charge in [0.05, 0.1) is 17.3 Å². The smallest absolute Gasteiger partial charge is 0.0658 e. The minimum atomic E-state index is -0.798. The third-order valence-corrected chi connectivity index (χ3v) is 5.61. The van der Waals surface area contributed by atoms with Crippen molar-refractivity contribution in [2.75, 3.05) is 0 Å². The van der Waals surface area contributed by atoms with Crippen LogP contribution in [0.4, 0.5) is 0 Å². The van der Waals surface area contributed by atoms with Gasteiger partial charge in [-0.1, -0.05) is 13.3 Å². The third-order valence-electron chi connectivity index (χ3n) is 5.61.